The summed E-state index contributed by atoms with van der Waals surface area (Å²) in [6.45, 7) is 1.80. The minimum atomic E-state index is -4.01. The number of aryl methyl sites for hydroxylation is 2. The molecule has 1 aliphatic heterocycles. The fourth-order valence-corrected chi connectivity index (χ4v) is 3.73. The van der Waals surface area contributed by atoms with E-state index in [1.165, 1.54) is 6.20 Å². The van der Waals surface area contributed by atoms with Crippen LogP contribution in [-0.4, -0.2) is 58.4 Å². The predicted molar refractivity (Wildman–Crippen MR) is 70.9 cm³/mol. The maximum Gasteiger partial charge on any atom is 0.305 e. The Morgan fingerprint density at radius 1 is 1.57 bits per heavy atom. The molecule has 1 aliphatic rings. The second kappa shape index (κ2) is 5.45. The molecular formula is C11H16N4O5S. The molecule has 2 N–H and O–H groups in total. The van der Waals surface area contributed by atoms with Crippen LogP contribution in [0.2, 0.25) is 0 Å². The Hall–Kier alpha value is -1.94. The van der Waals surface area contributed by atoms with Gasteiger partial charge in [0.25, 0.3) is 10.0 Å². The number of carbonyl (C=O) groups excluding carboxylic acids is 1. The summed E-state index contributed by atoms with van der Waals surface area (Å²) in [4.78, 5) is 26.6. The van der Waals surface area contributed by atoms with Crippen LogP contribution in [-0.2, 0) is 26.7 Å². The van der Waals surface area contributed by atoms with Crippen molar-refractivity contribution in [2.45, 2.75) is 24.4 Å². The van der Waals surface area contributed by atoms with E-state index in [2.05, 4.69) is 10.3 Å². The lowest BCUT2D eigenvalue weighted by Crippen LogP contribution is -2.57. The van der Waals surface area contributed by atoms with Crippen molar-refractivity contribution in [2.24, 2.45) is 7.05 Å². The molecule has 10 heteroatoms. The molecule has 0 saturated carbocycles. The van der Waals surface area contributed by atoms with Crippen LogP contribution in [0.3, 0.4) is 0 Å². The fourth-order valence-electron chi connectivity index (χ4n) is 2.11. The number of sulfonamides is 1. The van der Waals surface area contributed by atoms with Gasteiger partial charge in [0.15, 0.2) is 5.03 Å². The quantitative estimate of drug-likeness (QED) is 0.711. The molecule has 0 aliphatic carbocycles. The summed E-state index contributed by atoms with van der Waals surface area (Å²) in [5.74, 6) is -1.35. The number of rotatable bonds is 4. The Labute approximate surface area is 121 Å². The molecule has 116 valence electrons. The average Bonchev–Trinajstić information content (AvgIpc) is 2.72. The van der Waals surface area contributed by atoms with Gasteiger partial charge in [-0.2, -0.15) is 4.31 Å². The number of carboxylic acids is 1. The monoisotopic (exact) mass is 316 g/mol. The highest BCUT2D eigenvalue weighted by atomic mass is 32.2. The van der Waals surface area contributed by atoms with Crippen LogP contribution >= 0.6 is 0 Å². The van der Waals surface area contributed by atoms with Crippen LogP contribution in [0.4, 0.5) is 0 Å². The third-order valence-electron chi connectivity index (χ3n) is 3.31. The summed E-state index contributed by atoms with van der Waals surface area (Å²) in [5.41, 5.74) is 0. The Morgan fingerprint density at radius 3 is 2.76 bits per heavy atom. The third kappa shape index (κ3) is 2.90. The molecule has 0 spiro atoms. The van der Waals surface area contributed by atoms with E-state index < -0.39 is 34.4 Å². The number of hydrogen-bond donors (Lipinski definition) is 2. The normalized spacial score (nSPS) is 20.3. The number of imidazole rings is 1. The molecular weight excluding hydrogens is 300 g/mol. The van der Waals surface area contributed by atoms with E-state index >= 15 is 0 Å². The summed E-state index contributed by atoms with van der Waals surface area (Å²) >= 11 is 0. The number of nitrogens with one attached hydrogen (secondary N) is 1. The molecule has 1 aromatic heterocycles. The third-order valence-corrected chi connectivity index (χ3v) is 5.09. The zero-order chi connectivity index (χ0) is 15.8. The van der Waals surface area contributed by atoms with Gasteiger partial charge >= 0.3 is 5.97 Å². The van der Waals surface area contributed by atoms with Gasteiger partial charge in [0.05, 0.1) is 6.42 Å². The van der Waals surface area contributed by atoms with Crippen LogP contribution in [0.1, 0.15) is 12.2 Å². The molecule has 0 radical (unpaired) electrons. The highest BCUT2D eigenvalue weighted by Crippen LogP contribution is 2.20. The van der Waals surface area contributed by atoms with Gasteiger partial charge < -0.3 is 15.0 Å². The fraction of sp³-hybridized carbons (Fsp3) is 0.545. The smallest absolute Gasteiger partial charge is 0.305 e. The van der Waals surface area contributed by atoms with Gasteiger partial charge in [0, 0.05) is 26.3 Å². The molecule has 9 nitrogen and oxygen atoms in total. The van der Waals surface area contributed by atoms with E-state index in [9.17, 15) is 18.0 Å². The Bertz CT molecular complexity index is 661. The zero-order valence-electron chi connectivity index (χ0n) is 11.6. The Kier molecular flexibility index (Phi) is 4.01. The van der Waals surface area contributed by atoms with E-state index in [1.807, 2.05) is 0 Å². The van der Waals surface area contributed by atoms with Crippen molar-refractivity contribution in [3.05, 3.63) is 12.0 Å². The summed E-state index contributed by atoms with van der Waals surface area (Å²) in [6.07, 6.45) is 0.756. The zero-order valence-corrected chi connectivity index (χ0v) is 12.4. The number of piperazine rings is 1. The first-order valence-corrected chi connectivity index (χ1v) is 7.69. The lowest BCUT2D eigenvalue weighted by molar-refractivity contribution is -0.141. The van der Waals surface area contributed by atoms with Crippen molar-refractivity contribution < 1.29 is 23.1 Å². The van der Waals surface area contributed by atoms with E-state index in [0.717, 1.165) is 4.31 Å². The van der Waals surface area contributed by atoms with Gasteiger partial charge in [0.1, 0.15) is 11.9 Å². The summed E-state index contributed by atoms with van der Waals surface area (Å²) < 4.78 is 27.6. The minimum absolute atomic E-state index is 0.0155. The summed E-state index contributed by atoms with van der Waals surface area (Å²) in [7, 11) is -2.36. The highest BCUT2D eigenvalue weighted by Gasteiger charge is 2.40. The first-order valence-electron chi connectivity index (χ1n) is 6.25. The Balaban J connectivity index is 2.40. The molecule has 1 aromatic rings. The van der Waals surface area contributed by atoms with Crippen LogP contribution in [0, 0.1) is 6.92 Å². The van der Waals surface area contributed by atoms with E-state index in [1.54, 1.807) is 18.5 Å². The topological polar surface area (TPSA) is 122 Å². The van der Waals surface area contributed by atoms with Crippen molar-refractivity contribution in [3.63, 3.8) is 0 Å². The van der Waals surface area contributed by atoms with Crippen molar-refractivity contribution in [1.29, 1.82) is 0 Å². The predicted octanol–water partition coefficient (Wildman–Crippen LogP) is -1.31. The lowest BCUT2D eigenvalue weighted by Gasteiger charge is -2.32. The van der Waals surface area contributed by atoms with Crippen LogP contribution in [0.5, 0.6) is 0 Å². The van der Waals surface area contributed by atoms with Gasteiger partial charge in [-0.15, -0.1) is 0 Å². The second-order valence-electron chi connectivity index (χ2n) is 4.76. The van der Waals surface area contributed by atoms with Gasteiger partial charge in [-0.25, -0.2) is 13.4 Å². The maximum atomic E-state index is 12.6. The van der Waals surface area contributed by atoms with Crippen molar-refractivity contribution in [1.82, 2.24) is 19.2 Å². The molecule has 1 atom stereocenters. The molecule has 0 aromatic carbocycles. The molecule has 1 fully saturated rings. The van der Waals surface area contributed by atoms with Crippen LogP contribution < -0.4 is 5.32 Å². The molecule has 2 rings (SSSR count). The SMILES string of the molecule is Cc1nc(S(=O)(=O)N2CCNC(=O)C2CC(=O)O)cn1C. The van der Waals surface area contributed by atoms with Gasteiger partial charge in [-0.1, -0.05) is 0 Å². The van der Waals surface area contributed by atoms with E-state index in [-0.39, 0.29) is 18.1 Å². The van der Waals surface area contributed by atoms with Crippen LogP contribution in [0.25, 0.3) is 0 Å². The van der Waals surface area contributed by atoms with Gasteiger partial charge in [-0.05, 0) is 6.92 Å². The van der Waals surface area contributed by atoms with Crippen molar-refractivity contribution in [3.8, 4) is 0 Å². The second-order valence-corrected chi connectivity index (χ2v) is 6.60. The van der Waals surface area contributed by atoms with Gasteiger partial charge in [-0.3, -0.25) is 9.59 Å². The number of hydrogen-bond acceptors (Lipinski definition) is 5. The number of carbonyl (C=O) groups is 2. The number of aromatic nitrogens is 2. The first kappa shape index (κ1) is 15.4. The molecule has 1 saturated heterocycles. The summed E-state index contributed by atoms with van der Waals surface area (Å²) in [6, 6.07) is -1.26. The van der Waals surface area contributed by atoms with Crippen molar-refractivity contribution >= 4 is 21.9 Å². The first-order chi connectivity index (χ1) is 9.73. The van der Waals surface area contributed by atoms with Gasteiger partial charge in [0.2, 0.25) is 5.91 Å². The number of carboxylic acid groups (broad SMARTS) is 1. The minimum Gasteiger partial charge on any atom is -0.481 e. The van der Waals surface area contributed by atoms with E-state index in [0.29, 0.717) is 5.82 Å². The summed E-state index contributed by atoms with van der Waals surface area (Å²) in [5, 5.41) is 11.2. The molecule has 0 bridgehead atoms. The molecule has 1 amide bonds. The average molecular weight is 316 g/mol. The molecule has 21 heavy (non-hydrogen) atoms. The standard InChI is InChI=1S/C11H16N4O5S/c1-7-13-9(6-14(7)2)21(19,20)15-4-3-12-11(18)8(15)5-10(16)17/h6,8H,3-5H2,1-2H3,(H,12,18)(H,16,17). The number of aliphatic carboxylic acids is 1. The Morgan fingerprint density at radius 2 is 2.24 bits per heavy atom. The molecule has 2 heterocycles. The number of nitrogens with zero attached hydrogens (tertiary/aromatic N) is 3. The maximum absolute atomic E-state index is 12.6. The van der Waals surface area contributed by atoms with Crippen LogP contribution in [0.15, 0.2) is 11.2 Å². The molecule has 1 unspecified atom stereocenters. The van der Waals surface area contributed by atoms with E-state index in [4.69, 9.17) is 5.11 Å². The van der Waals surface area contributed by atoms with Crippen molar-refractivity contribution in [2.75, 3.05) is 13.1 Å². The largest absolute Gasteiger partial charge is 0.481 e. The lowest BCUT2D eigenvalue weighted by atomic mass is 10.1. The number of amides is 1. The highest BCUT2D eigenvalue weighted by molar-refractivity contribution is 7.89.